The third-order valence-electron chi connectivity index (χ3n) is 3.96. The van der Waals surface area contributed by atoms with Gasteiger partial charge >= 0.3 is 0 Å². The van der Waals surface area contributed by atoms with E-state index in [0.29, 0.717) is 0 Å². The van der Waals surface area contributed by atoms with Gasteiger partial charge in [0.15, 0.2) is 0 Å². The average Bonchev–Trinajstić information content (AvgIpc) is 2.79. The van der Waals surface area contributed by atoms with Crippen molar-refractivity contribution in [3.05, 3.63) is 22.9 Å². The number of amidine groups is 1. The van der Waals surface area contributed by atoms with Gasteiger partial charge in [-0.25, -0.2) is 4.98 Å². The van der Waals surface area contributed by atoms with Gasteiger partial charge in [0, 0.05) is 19.3 Å². The number of hydrogen-bond donors (Lipinski definition) is 2. The number of nitrogens with two attached hydrogens (primary N) is 1. The molecule has 0 radical (unpaired) electrons. The Hall–Kier alpha value is -1.58. The molecule has 3 N–H and O–H groups in total. The molecule has 19 heavy (non-hydrogen) atoms. The van der Waals surface area contributed by atoms with E-state index in [0.717, 1.165) is 35.1 Å². The van der Waals surface area contributed by atoms with E-state index in [1.54, 1.807) is 0 Å². The van der Waals surface area contributed by atoms with Gasteiger partial charge < -0.3 is 10.6 Å². The van der Waals surface area contributed by atoms with Crippen LogP contribution in [-0.4, -0.2) is 24.4 Å². The molecule has 1 aromatic rings. The minimum atomic E-state index is 0.110. The second-order valence-corrected chi connectivity index (χ2v) is 5.72. The van der Waals surface area contributed by atoms with Gasteiger partial charge in [-0.3, -0.25) is 5.41 Å². The highest BCUT2D eigenvalue weighted by atomic mass is 15.2. The van der Waals surface area contributed by atoms with Crippen LogP contribution in [0.3, 0.4) is 0 Å². The first-order valence-corrected chi connectivity index (χ1v) is 7.03. The number of hydrogen-bond acceptors (Lipinski definition) is 3. The molecule has 0 spiro atoms. The molecule has 1 saturated carbocycles. The standard InChI is InChI=1S/C15H24N4/c1-10-8-11(2)18-15(13(10)14(16)17)19(3)9-12-6-4-5-7-12/h8,12H,4-7,9H2,1-3H3,(H3,16,17). The topological polar surface area (TPSA) is 66.0 Å². The van der Waals surface area contributed by atoms with Crippen molar-refractivity contribution in [3.8, 4) is 0 Å². The molecule has 0 amide bonds. The van der Waals surface area contributed by atoms with Crippen molar-refractivity contribution in [1.29, 1.82) is 5.41 Å². The summed E-state index contributed by atoms with van der Waals surface area (Å²) in [7, 11) is 2.06. The molecule has 4 nitrogen and oxygen atoms in total. The molecule has 0 bridgehead atoms. The van der Waals surface area contributed by atoms with E-state index in [4.69, 9.17) is 11.1 Å². The lowest BCUT2D eigenvalue weighted by Gasteiger charge is -2.25. The van der Waals surface area contributed by atoms with Gasteiger partial charge in [-0.15, -0.1) is 0 Å². The second-order valence-electron chi connectivity index (χ2n) is 5.72. The summed E-state index contributed by atoms with van der Waals surface area (Å²) in [5, 5.41) is 7.78. The predicted molar refractivity (Wildman–Crippen MR) is 80.0 cm³/mol. The Kier molecular flexibility index (Phi) is 4.08. The Bertz CT molecular complexity index is 475. The average molecular weight is 260 g/mol. The van der Waals surface area contributed by atoms with Crippen molar-refractivity contribution >= 4 is 11.7 Å². The van der Waals surface area contributed by atoms with Crippen LogP contribution in [0.15, 0.2) is 6.07 Å². The highest BCUT2D eigenvalue weighted by Crippen LogP contribution is 2.28. The Morgan fingerprint density at radius 3 is 2.63 bits per heavy atom. The van der Waals surface area contributed by atoms with Gasteiger partial charge in [0.1, 0.15) is 11.7 Å². The summed E-state index contributed by atoms with van der Waals surface area (Å²) in [6.45, 7) is 5.00. The molecule has 0 unspecified atom stereocenters. The number of aryl methyl sites for hydroxylation is 2. The highest BCUT2D eigenvalue weighted by Gasteiger charge is 2.20. The molecule has 1 aromatic heterocycles. The van der Waals surface area contributed by atoms with Crippen LogP contribution in [0.25, 0.3) is 0 Å². The summed E-state index contributed by atoms with van der Waals surface area (Å²) in [6.07, 6.45) is 5.31. The number of nitrogen functional groups attached to an aromatic ring is 1. The molecule has 104 valence electrons. The van der Waals surface area contributed by atoms with Crippen LogP contribution in [0, 0.1) is 25.2 Å². The fourth-order valence-corrected chi connectivity index (χ4v) is 3.09. The van der Waals surface area contributed by atoms with Crippen LogP contribution in [0.1, 0.15) is 42.5 Å². The van der Waals surface area contributed by atoms with E-state index in [9.17, 15) is 0 Å². The van der Waals surface area contributed by atoms with Crippen LogP contribution in [-0.2, 0) is 0 Å². The van der Waals surface area contributed by atoms with Crippen LogP contribution >= 0.6 is 0 Å². The lowest BCUT2D eigenvalue weighted by atomic mass is 10.1. The normalized spacial score (nSPS) is 15.7. The molecule has 1 aliphatic rings. The van der Waals surface area contributed by atoms with Crippen LogP contribution in [0.5, 0.6) is 0 Å². The molecule has 1 fully saturated rings. The summed E-state index contributed by atoms with van der Waals surface area (Å²) in [6, 6.07) is 1.99. The Morgan fingerprint density at radius 2 is 2.05 bits per heavy atom. The molecular weight excluding hydrogens is 236 g/mol. The summed E-state index contributed by atoms with van der Waals surface area (Å²) in [4.78, 5) is 6.78. The fraction of sp³-hybridized carbons (Fsp3) is 0.600. The quantitative estimate of drug-likeness (QED) is 0.646. The molecule has 4 heteroatoms. The van der Waals surface area contributed by atoms with Crippen molar-refractivity contribution in [2.45, 2.75) is 39.5 Å². The maximum atomic E-state index is 7.78. The van der Waals surface area contributed by atoms with Crippen molar-refractivity contribution in [2.75, 3.05) is 18.5 Å². The van der Waals surface area contributed by atoms with Gasteiger partial charge in [-0.05, 0) is 44.2 Å². The summed E-state index contributed by atoms with van der Waals surface area (Å²) in [5.41, 5.74) is 8.53. The van der Waals surface area contributed by atoms with Gasteiger partial charge in [0.2, 0.25) is 0 Å². The van der Waals surface area contributed by atoms with E-state index in [1.165, 1.54) is 25.7 Å². The number of pyridine rings is 1. The second kappa shape index (κ2) is 5.59. The third kappa shape index (κ3) is 3.06. The van der Waals surface area contributed by atoms with Crippen molar-refractivity contribution in [3.63, 3.8) is 0 Å². The molecule has 0 aliphatic heterocycles. The lowest BCUT2D eigenvalue weighted by Crippen LogP contribution is -2.29. The van der Waals surface area contributed by atoms with Gasteiger partial charge in [-0.2, -0.15) is 0 Å². The molecule has 0 atom stereocenters. The summed E-state index contributed by atoms with van der Waals surface area (Å²) >= 11 is 0. The zero-order valence-electron chi connectivity index (χ0n) is 12.2. The molecule has 2 rings (SSSR count). The van der Waals surface area contributed by atoms with Crippen LogP contribution in [0.4, 0.5) is 5.82 Å². The molecular formula is C15H24N4. The van der Waals surface area contributed by atoms with Gasteiger partial charge in [0.05, 0.1) is 5.56 Å². The summed E-state index contributed by atoms with van der Waals surface area (Å²) in [5.74, 6) is 1.72. The smallest absolute Gasteiger partial charge is 0.139 e. The predicted octanol–water partition coefficient (Wildman–Crippen LogP) is 2.61. The summed E-state index contributed by atoms with van der Waals surface area (Å²) < 4.78 is 0. The number of anilines is 1. The zero-order valence-corrected chi connectivity index (χ0v) is 12.2. The zero-order chi connectivity index (χ0) is 14.0. The fourth-order valence-electron chi connectivity index (χ4n) is 3.09. The van der Waals surface area contributed by atoms with Crippen LogP contribution < -0.4 is 10.6 Å². The monoisotopic (exact) mass is 260 g/mol. The minimum absolute atomic E-state index is 0.110. The Morgan fingerprint density at radius 1 is 1.42 bits per heavy atom. The maximum Gasteiger partial charge on any atom is 0.139 e. The molecule has 1 aliphatic carbocycles. The van der Waals surface area contributed by atoms with E-state index < -0.39 is 0 Å². The lowest BCUT2D eigenvalue weighted by molar-refractivity contribution is 0.544. The number of rotatable bonds is 4. The molecule has 0 aromatic carbocycles. The van der Waals surface area contributed by atoms with E-state index in [2.05, 4.69) is 16.9 Å². The van der Waals surface area contributed by atoms with E-state index in [-0.39, 0.29) is 5.84 Å². The largest absolute Gasteiger partial charge is 0.384 e. The highest BCUT2D eigenvalue weighted by molar-refractivity contribution is 6.01. The Balaban J connectivity index is 2.28. The van der Waals surface area contributed by atoms with Gasteiger partial charge in [-0.1, -0.05) is 12.8 Å². The van der Waals surface area contributed by atoms with E-state index >= 15 is 0 Å². The Labute approximate surface area is 115 Å². The third-order valence-corrected chi connectivity index (χ3v) is 3.96. The van der Waals surface area contributed by atoms with Gasteiger partial charge in [0.25, 0.3) is 0 Å². The number of aromatic nitrogens is 1. The van der Waals surface area contributed by atoms with Crippen molar-refractivity contribution in [1.82, 2.24) is 4.98 Å². The molecule has 1 heterocycles. The maximum absolute atomic E-state index is 7.78. The van der Waals surface area contributed by atoms with Crippen molar-refractivity contribution < 1.29 is 0 Å². The first-order valence-electron chi connectivity index (χ1n) is 7.03. The van der Waals surface area contributed by atoms with Crippen LogP contribution in [0.2, 0.25) is 0 Å². The van der Waals surface area contributed by atoms with Crippen molar-refractivity contribution in [2.24, 2.45) is 11.7 Å². The SMILES string of the molecule is Cc1cc(C)c(C(=N)N)c(N(C)CC2CCCC2)n1. The minimum Gasteiger partial charge on any atom is -0.384 e. The first kappa shape index (κ1) is 13.8. The van der Waals surface area contributed by atoms with E-state index in [1.807, 2.05) is 19.9 Å². The first-order chi connectivity index (χ1) is 8.99. The number of nitrogens with zero attached hydrogens (tertiary/aromatic N) is 2. The number of nitrogens with one attached hydrogen (secondary N) is 1. The molecule has 0 saturated heterocycles.